The van der Waals surface area contributed by atoms with Crippen molar-refractivity contribution in [2.75, 3.05) is 11.9 Å². The molecule has 1 aliphatic carbocycles. The highest BCUT2D eigenvalue weighted by Gasteiger charge is 2.49. The number of rotatable bonds is 7. The minimum Gasteiger partial charge on any atom is -0.355 e. The Bertz CT molecular complexity index is 684. The average Bonchev–Trinajstić information content (AvgIpc) is 2.92. The molecule has 126 valence electrons. The number of carbonyl (C=O) groups is 1. The van der Waals surface area contributed by atoms with Gasteiger partial charge in [0.05, 0.1) is 5.69 Å². The van der Waals surface area contributed by atoms with Crippen LogP contribution in [0.4, 0.5) is 0 Å². The van der Waals surface area contributed by atoms with Gasteiger partial charge in [-0.2, -0.15) is 0 Å². The molecule has 24 heavy (non-hydrogen) atoms. The van der Waals surface area contributed by atoms with E-state index < -0.39 is 5.41 Å². The standard InChI is InChI=1S/C20H23BrN2O/c1-2-13-23-19(24)20(11-5-6-12-21)17-10-4-3-8-15(17)16-9-7-14-22-18(16)20/h3-4,7-10,14H,2,5-6,11-13H2,1H3,(H,23,24). The molecule has 0 aliphatic heterocycles. The van der Waals surface area contributed by atoms with Crippen molar-refractivity contribution in [2.24, 2.45) is 0 Å². The van der Waals surface area contributed by atoms with Gasteiger partial charge >= 0.3 is 0 Å². The minimum absolute atomic E-state index is 0.0869. The summed E-state index contributed by atoms with van der Waals surface area (Å²) in [5, 5.41) is 4.09. The van der Waals surface area contributed by atoms with Gasteiger partial charge in [-0.15, -0.1) is 0 Å². The number of hydrogen-bond donors (Lipinski definition) is 1. The first-order valence-corrected chi connectivity index (χ1v) is 9.77. The highest BCUT2D eigenvalue weighted by Crippen LogP contribution is 2.50. The number of unbranched alkanes of at least 4 members (excludes halogenated alkanes) is 1. The van der Waals surface area contributed by atoms with Crippen LogP contribution in [0.3, 0.4) is 0 Å². The number of fused-ring (bicyclic) bond motifs is 3. The Balaban J connectivity index is 2.14. The summed E-state index contributed by atoms with van der Waals surface area (Å²) in [6.07, 6.45) is 5.55. The topological polar surface area (TPSA) is 42.0 Å². The van der Waals surface area contributed by atoms with Crippen molar-refractivity contribution in [1.29, 1.82) is 0 Å². The maximum absolute atomic E-state index is 13.3. The second-order valence-electron chi connectivity index (χ2n) is 6.25. The van der Waals surface area contributed by atoms with Crippen LogP contribution in [-0.2, 0) is 10.2 Å². The van der Waals surface area contributed by atoms with E-state index in [1.165, 1.54) is 0 Å². The number of carbonyl (C=O) groups excluding carboxylic acids is 1. The highest BCUT2D eigenvalue weighted by atomic mass is 79.9. The molecule has 2 aromatic rings. The van der Waals surface area contributed by atoms with Crippen molar-refractivity contribution in [3.8, 4) is 11.1 Å². The van der Waals surface area contributed by atoms with Gasteiger partial charge in [0, 0.05) is 23.6 Å². The van der Waals surface area contributed by atoms with E-state index in [1.807, 2.05) is 18.2 Å². The van der Waals surface area contributed by atoms with Gasteiger partial charge in [-0.3, -0.25) is 9.78 Å². The summed E-state index contributed by atoms with van der Waals surface area (Å²) < 4.78 is 0. The molecule has 3 rings (SSSR count). The molecule has 1 aromatic carbocycles. The third kappa shape index (κ3) is 2.77. The van der Waals surface area contributed by atoms with Gasteiger partial charge in [-0.25, -0.2) is 0 Å². The third-order valence-corrected chi connectivity index (χ3v) is 5.31. The first-order chi connectivity index (χ1) is 11.8. The van der Waals surface area contributed by atoms with Crippen molar-refractivity contribution in [1.82, 2.24) is 10.3 Å². The first kappa shape index (κ1) is 17.2. The summed E-state index contributed by atoms with van der Waals surface area (Å²) >= 11 is 3.50. The molecular formula is C20H23BrN2O. The minimum atomic E-state index is -0.662. The van der Waals surface area contributed by atoms with E-state index in [2.05, 4.69) is 51.4 Å². The number of halogens is 1. The third-order valence-electron chi connectivity index (χ3n) is 4.75. The van der Waals surface area contributed by atoms with Crippen molar-refractivity contribution in [3.05, 3.63) is 53.9 Å². The Labute approximate surface area is 152 Å². The molecule has 1 aromatic heterocycles. The number of nitrogens with one attached hydrogen (secondary N) is 1. The van der Waals surface area contributed by atoms with Crippen LogP contribution in [0.1, 0.15) is 43.9 Å². The number of alkyl halides is 1. The van der Waals surface area contributed by atoms with Crippen LogP contribution < -0.4 is 5.32 Å². The fraction of sp³-hybridized carbons (Fsp3) is 0.400. The number of pyridine rings is 1. The predicted octanol–water partition coefficient (Wildman–Crippen LogP) is 4.44. The van der Waals surface area contributed by atoms with Gasteiger partial charge < -0.3 is 5.32 Å². The molecule has 1 aliphatic rings. The predicted molar refractivity (Wildman–Crippen MR) is 101 cm³/mol. The fourth-order valence-electron chi connectivity index (χ4n) is 3.65. The van der Waals surface area contributed by atoms with Crippen LogP contribution >= 0.6 is 15.9 Å². The molecule has 0 fully saturated rings. The number of amides is 1. The van der Waals surface area contributed by atoms with Crippen LogP contribution in [0.5, 0.6) is 0 Å². The molecule has 0 spiro atoms. The number of hydrogen-bond acceptors (Lipinski definition) is 2. The van der Waals surface area contributed by atoms with E-state index in [1.54, 1.807) is 6.20 Å². The average molecular weight is 387 g/mol. The smallest absolute Gasteiger partial charge is 0.236 e. The van der Waals surface area contributed by atoms with Crippen LogP contribution in [0.15, 0.2) is 42.6 Å². The number of aromatic nitrogens is 1. The highest BCUT2D eigenvalue weighted by molar-refractivity contribution is 9.09. The van der Waals surface area contributed by atoms with Gasteiger partial charge in [0.1, 0.15) is 5.41 Å². The lowest BCUT2D eigenvalue weighted by atomic mass is 9.75. The van der Waals surface area contributed by atoms with Crippen molar-refractivity contribution < 1.29 is 4.79 Å². The molecule has 1 heterocycles. The second-order valence-corrected chi connectivity index (χ2v) is 7.05. The molecule has 1 atom stereocenters. The summed E-state index contributed by atoms with van der Waals surface area (Å²) in [5.74, 6) is 0.0869. The normalized spacial score (nSPS) is 18.1. The van der Waals surface area contributed by atoms with E-state index in [0.717, 1.165) is 53.4 Å². The van der Waals surface area contributed by atoms with Gasteiger partial charge in [0.15, 0.2) is 0 Å². The number of benzene rings is 1. The largest absolute Gasteiger partial charge is 0.355 e. The maximum Gasteiger partial charge on any atom is 0.236 e. The SMILES string of the molecule is CCCNC(=O)C1(CCCCBr)c2ccccc2-c2cccnc21. The van der Waals surface area contributed by atoms with E-state index in [9.17, 15) is 4.79 Å². The molecule has 0 radical (unpaired) electrons. The van der Waals surface area contributed by atoms with Gasteiger partial charge in [-0.05, 0) is 36.5 Å². The molecule has 0 saturated carbocycles. The Kier molecular flexibility index (Phi) is 5.34. The molecule has 0 bridgehead atoms. The summed E-state index contributed by atoms with van der Waals surface area (Å²) in [6.45, 7) is 2.77. The zero-order chi connectivity index (χ0) is 17.0. The van der Waals surface area contributed by atoms with E-state index in [0.29, 0.717) is 6.54 Å². The fourth-order valence-corrected chi connectivity index (χ4v) is 4.05. The summed E-state index contributed by atoms with van der Waals surface area (Å²) in [7, 11) is 0. The molecule has 4 heteroatoms. The van der Waals surface area contributed by atoms with Crippen molar-refractivity contribution >= 4 is 21.8 Å². The molecule has 1 N–H and O–H groups in total. The number of nitrogens with zero attached hydrogens (tertiary/aromatic N) is 1. The Hall–Kier alpha value is -1.68. The van der Waals surface area contributed by atoms with Crippen molar-refractivity contribution in [3.63, 3.8) is 0 Å². The molecule has 3 nitrogen and oxygen atoms in total. The quantitative estimate of drug-likeness (QED) is 0.564. The zero-order valence-electron chi connectivity index (χ0n) is 14.0. The van der Waals surface area contributed by atoms with E-state index >= 15 is 0 Å². The van der Waals surface area contributed by atoms with Crippen LogP contribution in [-0.4, -0.2) is 22.8 Å². The van der Waals surface area contributed by atoms with Gasteiger partial charge in [0.2, 0.25) is 5.91 Å². The lowest BCUT2D eigenvalue weighted by Crippen LogP contribution is -2.45. The monoisotopic (exact) mass is 386 g/mol. The van der Waals surface area contributed by atoms with E-state index in [-0.39, 0.29) is 5.91 Å². The van der Waals surface area contributed by atoms with Crippen LogP contribution in [0.25, 0.3) is 11.1 Å². The lowest BCUT2D eigenvalue weighted by molar-refractivity contribution is -0.125. The molecule has 0 saturated heterocycles. The van der Waals surface area contributed by atoms with Crippen LogP contribution in [0, 0.1) is 0 Å². The van der Waals surface area contributed by atoms with E-state index in [4.69, 9.17) is 0 Å². The Morgan fingerprint density at radius 1 is 1.17 bits per heavy atom. The summed E-state index contributed by atoms with van der Waals surface area (Å²) in [5.41, 5.74) is 3.59. The Morgan fingerprint density at radius 3 is 2.75 bits per heavy atom. The Morgan fingerprint density at radius 2 is 1.96 bits per heavy atom. The second kappa shape index (κ2) is 7.47. The molecule has 1 unspecified atom stereocenters. The molecular weight excluding hydrogens is 364 g/mol. The summed E-state index contributed by atoms with van der Waals surface area (Å²) in [6, 6.07) is 12.3. The van der Waals surface area contributed by atoms with Gasteiger partial charge in [0.25, 0.3) is 0 Å². The molecule has 1 amide bonds. The van der Waals surface area contributed by atoms with Crippen LogP contribution in [0.2, 0.25) is 0 Å². The maximum atomic E-state index is 13.3. The zero-order valence-corrected chi connectivity index (χ0v) is 15.6. The first-order valence-electron chi connectivity index (χ1n) is 8.65. The van der Waals surface area contributed by atoms with Gasteiger partial charge in [-0.1, -0.05) is 59.6 Å². The van der Waals surface area contributed by atoms with Crippen molar-refractivity contribution in [2.45, 2.75) is 38.0 Å². The lowest BCUT2D eigenvalue weighted by Gasteiger charge is -2.29. The summed E-state index contributed by atoms with van der Waals surface area (Å²) in [4.78, 5) is 17.9.